The molecular weight excluding hydrogens is 378 g/mol. The molecule has 1 aromatic rings. The molecule has 1 atom stereocenters. The molecule has 158 valence electrons. The van der Waals surface area contributed by atoms with Crippen LogP contribution in [0.1, 0.15) is 44.6 Å². The lowest BCUT2D eigenvalue weighted by Gasteiger charge is -2.27. The maximum absolute atomic E-state index is 11.2. The highest BCUT2D eigenvalue weighted by Crippen LogP contribution is 2.26. The number of nitrogens with zero attached hydrogens (tertiary/aromatic N) is 2. The lowest BCUT2D eigenvalue weighted by molar-refractivity contribution is -0.117. The number of hydrogen-bond donors (Lipinski definition) is 1. The molecule has 6 nitrogen and oxygen atoms in total. The van der Waals surface area contributed by atoms with E-state index in [-0.39, 0.29) is 12.0 Å². The van der Waals surface area contributed by atoms with E-state index in [9.17, 15) is 4.79 Å². The predicted octanol–water partition coefficient (Wildman–Crippen LogP) is 4.02. The summed E-state index contributed by atoms with van der Waals surface area (Å²) in [4.78, 5) is 18.2. The Hall–Kier alpha value is -3.02. The minimum Gasteiger partial charge on any atom is -0.489 e. The lowest BCUT2D eigenvalue weighted by atomic mass is 9.96. The minimum absolute atomic E-state index is 0.105. The predicted molar refractivity (Wildman–Crippen MR) is 118 cm³/mol. The number of aliphatic imine (C=N–C) groups is 1. The van der Waals surface area contributed by atoms with E-state index in [1.165, 1.54) is 13.3 Å². The van der Waals surface area contributed by atoms with Crippen LogP contribution in [0, 0.1) is 0 Å². The summed E-state index contributed by atoms with van der Waals surface area (Å²) < 4.78 is 12.2. The summed E-state index contributed by atoms with van der Waals surface area (Å²) in [6.45, 7) is 7.06. The maximum Gasteiger partial charge on any atom is 0.221 e. The van der Waals surface area contributed by atoms with E-state index in [2.05, 4.69) is 35.0 Å². The van der Waals surface area contributed by atoms with E-state index in [1.54, 1.807) is 0 Å². The van der Waals surface area contributed by atoms with E-state index in [1.807, 2.05) is 24.3 Å². The summed E-state index contributed by atoms with van der Waals surface area (Å²) in [6.07, 6.45) is 11.9. The van der Waals surface area contributed by atoms with Crippen LogP contribution in [0.4, 0.5) is 0 Å². The summed E-state index contributed by atoms with van der Waals surface area (Å²) in [7, 11) is 0. The summed E-state index contributed by atoms with van der Waals surface area (Å²) in [6, 6.07) is 7.66. The topological polar surface area (TPSA) is 63.2 Å². The molecule has 1 saturated carbocycles. The van der Waals surface area contributed by atoms with Crippen molar-refractivity contribution in [2.75, 3.05) is 13.1 Å². The van der Waals surface area contributed by atoms with Crippen molar-refractivity contribution in [3.05, 3.63) is 60.5 Å². The minimum atomic E-state index is -0.127. The van der Waals surface area contributed by atoms with Crippen LogP contribution in [-0.2, 0) is 9.53 Å². The molecule has 3 aliphatic rings. The van der Waals surface area contributed by atoms with Gasteiger partial charge in [0, 0.05) is 32.0 Å². The maximum atomic E-state index is 11.2. The van der Waals surface area contributed by atoms with E-state index < -0.39 is 0 Å². The van der Waals surface area contributed by atoms with Gasteiger partial charge in [-0.05, 0) is 55.2 Å². The van der Waals surface area contributed by atoms with Crippen molar-refractivity contribution in [3.63, 3.8) is 0 Å². The van der Waals surface area contributed by atoms with Gasteiger partial charge in [0.1, 0.15) is 23.8 Å². The molecule has 1 aromatic carbocycles. The van der Waals surface area contributed by atoms with Crippen molar-refractivity contribution >= 4 is 17.5 Å². The third-order valence-corrected chi connectivity index (χ3v) is 5.57. The molecule has 1 unspecified atom stereocenters. The molecule has 0 aromatic heterocycles. The second kappa shape index (κ2) is 9.20. The van der Waals surface area contributed by atoms with Gasteiger partial charge in [-0.3, -0.25) is 4.79 Å². The molecule has 30 heavy (non-hydrogen) atoms. The molecular formula is C24H29N3O3. The third-order valence-electron chi connectivity index (χ3n) is 5.57. The Balaban J connectivity index is 1.33. The van der Waals surface area contributed by atoms with Gasteiger partial charge in [0.25, 0.3) is 0 Å². The average Bonchev–Trinajstić information content (AvgIpc) is 3.02. The van der Waals surface area contributed by atoms with E-state index in [0.29, 0.717) is 11.8 Å². The Labute approximate surface area is 178 Å². The number of amides is 1. The van der Waals surface area contributed by atoms with Crippen LogP contribution in [0.25, 0.3) is 5.70 Å². The molecule has 2 fully saturated rings. The molecule has 4 rings (SSSR count). The third kappa shape index (κ3) is 5.12. The van der Waals surface area contributed by atoms with E-state index in [0.717, 1.165) is 61.8 Å². The first-order chi connectivity index (χ1) is 14.6. The smallest absolute Gasteiger partial charge is 0.221 e. The van der Waals surface area contributed by atoms with Crippen molar-refractivity contribution in [3.8, 4) is 5.75 Å². The number of likely N-dealkylation sites (tertiary alicyclic amines) is 1. The highest BCUT2D eigenvalue weighted by atomic mass is 16.5. The van der Waals surface area contributed by atoms with Crippen LogP contribution >= 0.6 is 0 Å². The van der Waals surface area contributed by atoms with Gasteiger partial charge in [-0.15, -0.1) is 0 Å². The monoisotopic (exact) mass is 407 g/mol. The van der Waals surface area contributed by atoms with Gasteiger partial charge >= 0.3 is 0 Å². The number of ether oxygens (including phenoxy) is 2. The number of allylic oxidation sites excluding steroid dienone is 2. The van der Waals surface area contributed by atoms with Gasteiger partial charge in [-0.2, -0.15) is 4.99 Å². The van der Waals surface area contributed by atoms with Crippen molar-refractivity contribution in [1.29, 1.82) is 0 Å². The fourth-order valence-corrected chi connectivity index (χ4v) is 3.71. The summed E-state index contributed by atoms with van der Waals surface area (Å²) in [5.41, 5.74) is 1.46. The summed E-state index contributed by atoms with van der Waals surface area (Å²) in [5.74, 6) is 2.46. The number of benzene rings is 1. The number of nitrogens with one attached hydrogen (secondary N) is 1. The molecule has 1 N–H and O–H groups in total. The van der Waals surface area contributed by atoms with Crippen LogP contribution in [0.3, 0.4) is 0 Å². The first kappa shape index (κ1) is 20.3. The molecule has 1 aliphatic carbocycles. The second-order valence-corrected chi connectivity index (χ2v) is 7.99. The fourth-order valence-electron chi connectivity index (χ4n) is 3.71. The average molecular weight is 408 g/mol. The molecule has 2 heterocycles. The zero-order valence-corrected chi connectivity index (χ0v) is 17.5. The van der Waals surface area contributed by atoms with Gasteiger partial charge in [0.05, 0.1) is 6.54 Å². The van der Waals surface area contributed by atoms with Crippen molar-refractivity contribution in [1.82, 2.24) is 10.2 Å². The van der Waals surface area contributed by atoms with Gasteiger partial charge in [-0.1, -0.05) is 18.7 Å². The first-order valence-corrected chi connectivity index (χ1v) is 10.7. The zero-order valence-electron chi connectivity index (χ0n) is 17.5. The van der Waals surface area contributed by atoms with Crippen LogP contribution in [0.5, 0.6) is 5.75 Å². The normalized spacial score (nSPS) is 21.2. The summed E-state index contributed by atoms with van der Waals surface area (Å²) in [5, 5.41) is 2.71. The van der Waals surface area contributed by atoms with Gasteiger partial charge in [0.15, 0.2) is 5.90 Å². The summed E-state index contributed by atoms with van der Waals surface area (Å²) >= 11 is 0. The Morgan fingerprint density at radius 1 is 1.17 bits per heavy atom. The standard InChI is InChI=1S/C24H29N3O3/c1-17(25-18(2)28)19-10-12-21(13-11-19)29-22-14-15-27(16-22)23-8-3-4-9-24(26-23)30-20-6-5-7-20/h3-4,8,10-13,20,22H,1,5-7,9,14-16H2,2H3,(H,25,28). The zero-order chi connectivity index (χ0) is 20.9. The number of carbonyl (C=O) groups excluding carboxylic acids is 1. The Kier molecular flexibility index (Phi) is 6.21. The first-order valence-electron chi connectivity index (χ1n) is 10.7. The van der Waals surface area contributed by atoms with Gasteiger partial charge < -0.3 is 19.7 Å². The van der Waals surface area contributed by atoms with E-state index in [4.69, 9.17) is 14.5 Å². The molecule has 0 bridgehead atoms. The van der Waals surface area contributed by atoms with Crippen LogP contribution in [0.2, 0.25) is 0 Å². The Bertz CT molecular complexity index is 881. The van der Waals surface area contributed by atoms with Crippen molar-refractivity contribution in [2.24, 2.45) is 4.99 Å². The van der Waals surface area contributed by atoms with Crippen molar-refractivity contribution in [2.45, 2.75) is 51.2 Å². The van der Waals surface area contributed by atoms with E-state index >= 15 is 0 Å². The molecule has 0 spiro atoms. The SMILES string of the molecule is C=C(NC(C)=O)c1ccc(OC2CCN(C3=CC=CCC(OC4CCC4)=N3)C2)cc1. The molecule has 0 radical (unpaired) electrons. The largest absolute Gasteiger partial charge is 0.489 e. The van der Waals surface area contributed by atoms with Gasteiger partial charge in [-0.25, -0.2) is 0 Å². The lowest BCUT2D eigenvalue weighted by Crippen LogP contribution is -2.27. The Morgan fingerprint density at radius 2 is 1.97 bits per heavy atom. The highest BCUT2D eigenvalue weighted by molar-refractivity contribution is 5.84. The number of hydrogen-bond acceptors (Lipinski definition) is 5. The van der Waals surface area contributed by atoms with Crippen LogP contribution in [-0.4, -0.2) is 42.0 Å². The molecule has 1 amide bonds. The molecule has 2 aliphatic heterocycles. The van der Waals surface area contributed by atoms with Crippen molar-refractivity contribution < 1.29 is 14.3 Å². The highest BCUT2D eigenvalue weighted by Gasteiger charge is 2.27. The Morgan fingerprint density at radius 3 is 2.67 bits per heavy atom. The molecule has 6 heteroatoms. The van der Waals surface area contributed by atoms with Crippen LogP contribution in [0.15, 0.2) is 59.9 Å². The number of rotatable bonds is 6. The second-order valence-electron chi connectivity index (χ2n) is 7.99. The quantitative estimate of drug-likeness (QED) is 0.774. The van der Waals surface area contributed by atoms with Crippen LogP contribution < -0.4 is 10.1 Å². The van der Waals surface area contributed by atoms with Gasteiger partial charge in [0.2, 0.25) is 5.91 Å². The number of carbonyl (C=O) groups is 1. The molecule has 1 saturated heterocycles. The fraction of sp³-hybridized carbons (Fsp3) is 0.417.